The fraction of sp³-hybridized carbons (Fsp3) is 0.800. The standard InChI is InChI=1S/C15H31O3SSi/c1-9-14(19(16,17)18)20(10-12(2)3,11-13(4)5)15(6,7)8/h9,12-13H,1,10-11H2,2-8H3,(H,16,17,18). The molecule has 20 heavy (non-hydrogen) atoms. The number of hydrogen-bond acceptors (Lipinski definition) is 2. The smallest absolute Gasteiger partial charge is 0.273 e. The van der Waals surface area contributed by atoms with Crippen molar-refractivity contribution in [2.75, 3.05) is 0 Å². The van der Waals surface area contributed by atoms with E-state index in [-0.39, 0.29) is 9.91 Å². The van der Waals surface area contributed by atoms with E-state index in [0.717, 1.165) is 12.1 Å². The molecule has 0 amide bonds. The Bertz CT molecular complexity index is 409. The first-order valence-electron chi connectivity index (χ1n) is 7.25. The molecule has 0 heterocycles. The van der Waals surface area contributed by atoms with Crippen LogP contribution in [0.2, 0.25) is 17.1 Å². The van der Waals surface area contributed by atoms with Gasteiger partial charge in [0.25, 0.3) is 10.1 Å². The van der Waals surface area contributed by atoms with Gasteiger partial charge in [0, 0.05) is 0 Å². The highest BCUT2D eigenvalue weighted by molar-refractivity contribution is 7.91. The van der Waals surface area contributed by atoms with Crippen LogP contribution < -0.4 is 0 Å². The third-order valence-electron chi connectivity index (χ3n) is 3.88. The van der Waals surface area contributed by atoms with E-state index in [1.165, 1.54) is 6.08 Å². The zero-order chi connectivity index (χ0) is 16.4. The SMILES string of the molecule is C=C[C]([Si](CC(C)C)(CC(C)C)C(C)(C)C)S(=O)(=O)O. The van der Waals surface area contributed by atoms with Crippen LogP contribution >= 0.6 is 0 Å². The molecule has 1 radical (unpaired) electrons. The molecular weight excluding hydrogens is 288 g/mol. The fourth-order valence-corrected chi connectivity index (χ4v) is 12.5. The third-order valence-corrected chi connectivity index (χ3v) is 13.6. The van der Waals surface area contributed by atoms with Gasteiger partial charge in [0.2, 0.25) is 0 Å². The lowest BCUT2D eigenvalue weighted by atomic mass is 10.2. The summed E-state index contributed by atoms with van der Waals surface area (Å²) < 4.78 is 33.5. The van der Waals surface area contributed by atoms with Gasteiger partial charge in [-0.05, 0) is 16.9 Å². The van der Waals surface area contributed by atoms with Crippen LogP contribution in [0, 0.1) is 16.7 Å². The molecule has 0 saturated carbocycles. The zero-order valence-corrected chi connectivity index (χ0v) is 15.8. The second-order valence-corrected chi connectivity index (χ2v) is 14.3. The molecule has 0 aromatic rings. The van der Waals surface area contributed by atoms with Gasteiger partial charge in [-0.3, -0.25) is 4.55 Å². The summed E-state index contributed by atoms with van der Waals surface area (Å²) in [6, 6.07) is 1.69. The maximum Gasteiger partial charge on any atom is 0.273 e. The summed E-state index contributed by atoms with van der Waals surface area (Å²) in [6.45, 7) is 18.4. The first kappa shape index (κ1) is 19.9. The molecule has 0 bridgehead atoms. The van der Waals surface area contributed by atoms with Crippen molar-refractivity contribution in [1.82, 2.24) is 0 Å². The highest BCUT2D eigenvalue weighted by atomic mass is 32.2. The maximum absolute atomic E-state index is 11.9. The molecule has 1 N–H and O–H groups in total. The Hall–Kier alpha value is -0.133. The quantitative estimate of drug-likeness (QED) is 0.547. The van der Waals surface area contributed by atoms with Gasteiger partial charge in [-0.25, -0.2) is 0 Å². The van der Waals surface area contributed by atoms with Crippen molar-refractivity contribution in [1.29, 1.82) is 0 Å². The van der Waals surface area contributed by atoms with E-state index in [0.29, 0.717) is 11.8 Å². The van der Waals surface area contributed by atoms with Crippen molar-refractivity contribution in [2.45, 2.75) is 65.6 Å². The molecule has 0 aliphatic rings. The summed E-state index contributed by atoms with van der Waals surface area (Å²) >= 11 is 0. The highest BCUT2D eigenvalue weighted by Gasteiger charge is 2.54. The molecule has 0 rings (SSSR count). The van der Waals surface area contributed by atoms with Gasteiger partial charge in [-0.1, -0.05) is 66.6 Å². The van der Waals surface area contributed by atoms with Crippen molar-refractivity contribution in [3.05, 3.63) is 17.5 Å². The number of hydrogen-bond donors (Lipinski definition) is 1. The third kappa shape index (κ3) is 4.71. The molecule has 0 fully saturated rings. The van der Waals surface area contributed by atoms with Crippen molar-refractivity contribution in [2.24, 2.45) is 11.8 Å². The molecule has 5 heteroatoms. The second-order valence-electron chi connectivity index (χ2n) is 7.57. The molecule has 0 atom stereocenters. The van der Waals surface area contributed by atoms with Crippen LogP contribution in [0.3, 0.4) is 0 Å². The van der Waals surface area contributed by atoms with Crippen molar-refractivity contribution >= 4 is 18.2 Å². The zero-order valence-electron chi connectivity index (χ0n) is 14.0. The molecule has 0 aliphatic carbocycles. The van der Waals surface area contributed by atoms with E-state index >= 15 is 0 Å². The molecule has 0 aromatic carbocycles. The second kappa shape index (κ2) is 6.75. The minimum atomic E-state index is -4.19. The molecule has 0 aliphatic heterocycles. The Morgan fingerprint density at radius 3 is 1.65 bits per heavy atom. The number of rotatable bonds is 7. The van der Waals surface area contributed by atoms with Crippen LogP contribution in [-0.2, 0) is 10.1 Å². The van der Waals surface area contributed by atoms with Gasteiger partial charge in [0.1, 0.15) is 4.87 Å². The molecule has 0 spiro atoms. The van der Waals surface area contributed by atoms with E-state index in [2.05, 4.69) is 55.0 Å². The predicted molar refractivity (Wildman–Crippen MR) is 89.7 cm³/mol. The maximum atomic E-state index is 11.9. The van der Waals surface area contributed by atoms with E-state index in [9.17, 15) is 13.0 Å². The molecular formula is C15H31O3SSi. The Balaban J connectivity index is 6.16. The largest absolute Gasteiger partial charge is 0.285 e. The van der Waals surface area contributed by atoms with Gasteiger partial charge >= 0.3 is 0 Å². The fourth-order valence-electron chi connectivity index (χ4n) is 3.21. The Kier molecular flexibility index (Phi) is 6.71. The Morgan fingerprint density at radius 1 is 1.15 bits per heavy atom. The lowest BCUT2D eigenvalue weighted by Crippen LogP contribution is -2.53. The summed E-state index contributed by atoms with van der Waals surface area (Å²) in [5.41, 5.74) is 0. The lowest BCUT2D eigenvalue weighted by Gasteiger charge is -2.48. The summed E-state index contributed by atoms with van der Waals surface area (Å²) in [6.07, 6.45) is 1.39. The molecule has 0 aromatic heterocycles. The molecule has 0 unspecified atom stereocenters. The van der Waals surface area contributed by atoms with Gasteiger partial charge in [-0.15, -0.1) is 6.58 Å². The van der Waals surface area contributed by atoms with Crippen LogP contribution in [0.25, 0.3) is 0 Å². The van der Waals surface area contributed by atoms with E-state index in [1.54, 1.807) is 0 Å². The van der Waals surface area contributed by atoms with Gasteiger partial charge < -0.3 is 0 Å². The highest BCUT2D eigenvalue weighted by Crippen LogP contribution is 2.51. The topological polar surface area (TPSA) is 54.4 Å². The summed E-state index contributed by atoms with van der Waals surface area (Å²) in [5.74, 6) is 0.771. The summed E-state index contributed by atoms with van der Waals surface area (Å²) in [5, 5.41) is -0.152. The summed E-state index contributed by atoms with van der Waals surface area (Å²) in [7, 11) is -6.61. The van der Waals surface area contributed by atoms with Crippen LogP contribution in [0.15, 0.2) is 12.7 Å². The first-order chi connectivity index (χ1) is 8.78. The van der Waals surface area contributed by atoms with Crippen LogP contribution in [0.4, 0.5) is 0 Å². The van der Waals surface area contributed by atoms with Crippen molar-refractivity contribution < 1.29 is 13.0 Å². The minimum Gasteiger partial charge on any atom is -0.285 e. The van der Waals surface area contributed by atoms with Crippen molar-refractivity contribution in [3.63, 3.8) is 0 Å². The van der Waals surface area contributed by atoms with Crippen LogP contribution in [-0.4, -0.2) is 21.0 Å². The lowest BCUT2D eigenvalue weighted by molar-refractivity contribution is 0.487. The normalized spacial score (nSPS) is 14.3. The molecule has 119 valence electrons. The predicted octanol–water partition coefficient (Wildman–Crippen LogP) is 4.69. The van der Waals surface area contributed by atoms with E-state index in [4.69, 9.17) is 0 Å². The monoisotopic (exact) mass is 319 g/mol. The Morgan fingerprint density at radius 2 is 1.50 bits per heavy atom. The van der Waals surface area contributed by atoms with Crippen molar-refractivity contribution in [3.8, 4) is 0 Å². The van der Waals surface area contributed by atoms with Gasteiger partial charge in [0.05, 0.1) is 8.07 Å². The first-order valence-corrected chi connectivity index (χ1v) is 11.1. The molecule has 3 nitrogen and oxygen atoms in total. The average Bonchev–Trinajstić information content (AvgIpc) is 2.11. The van der Waals surface area contributed by atoms with Gasteiger partial charge in [0.15, 0.2) is 0 Å². The minimum absolute atomic E-state index is 0.152. The summed E-state index contributed by atoms with van der Waals surface area (Å²) in [4.78, 5) is 0.208. The van der Waals surface area contributed by atoms with E-state index in [1.807, 2.05) is 0 Å². The van der Waals surface area contributed by atoms with Crippen LogP contribution in [0.1, 0.15) is 48.5 Å². The van der Waals surface area contributed by atoms with E-state index < -0.39 is 18.2 Å². The van der Waals surface area contributed by atoms with Gasteiger partial charge in [-0.2, -0.15) is 8.42 Å². The Labute approximate surface area is 126 Å². The average molecular weight is 320 g/mol. The molecule has 0 saturated heterocycles. The van der Waals surface area contributed by atoms with Crippen LogP contribution in [0.5, 0.6) is 0 Å².